The Hall–Kier alpha value is -3.13. The van der Waals surface area contributed by atoms with E-state index in [1.807, 2.05) is 57.2 Å². The van der Waals surface area contributed by atoms with Gasteiger partial charge in [-0.15, -0.1) is 0 Å². The normalized spacial score (nSPS) is 15.4. The van der Waals surface area contributed by atoms with Crippen LogP contribution in [0.25, 0.3) is 0 Å². The van der Waals surface area contributed by atoms with E-state index in [4.69, 9.17) is 4.74 Å². The molecule has 1 aliphatic rings. The number of piperidine rings is 1. The van der Waals surface area contributed by atoms with Gasteiger partial charge in [0, 0.05) is 54.9 Å². The lowest BCUT2D eigenvalue weighted by atomic mass is 9.93. The second-order valence-electron chi connectivity index (χ2n) is 8.85. The first-order valence-corrected chi connectivity index (χ1v) is 12.0. The minimum absolute atomic E-state index is 0.0605. The Bertz CT molecular complexity index is 952. The van der Waals surface area contributed by atoms with E-state index in [2.05, 4.69) is 25.8 Å². The second kappa shape index (κ2) is 12.4. The van der Waals surface area contributed by atoms with Crippen molar-refractivity contribution in [1.29, 1.82) is 0 Å². The van der Waals surface area contributed by atoms with Crippen molar-refractivity contribution in [3.63, 3.8) is 0 Å². The van der Waals surface area contributed by atoms with Crippen LogP contribution >= 0.6 is 0 Å². The summed E-state index contributed by atoms with van der Waals surface area (Å²) in [5.74, 6) is 0.597. The smallest absolute Gasteiger partial charge is 0.319 e. The average Bonchev–Trinajstić information content (AvgIpc) is 2.80. The maximum Gasteiger partial charge on any atom is 0.319 e. The first-order chi connectivity index (χ1) is 16.4. The molecule has 1 aromatic carbocycles. The Morgan fingerprint density at radius 2 is 1.82 bits per heavy atom. The molecule has 1 aromatic heterocycles. The second-order valence-corrected chi connectivity index (χ2v) is 8.85. The van der Waals surface area contributed by atoms with Gasteiger partial charge in [-0.2, -0.15) is 0 Å². The molecule has 8 nitrogen and oxygen atoms in total. The average molecular weight is 468 g/mol. The van der Waals surface area contributed by atoms with Crippen molar-refractivity contribution in [2.24, 2.45) is 0 Å². The van der Waals surface area contributed by atoms with E-state index in [1.165, 1.54) is 0 Å². The number of rotatable bonds is 9. The number of para-hydroxylation sites is 1. The third kappa shape index (κ3) is 7.18. The number of ether oxygens (including phenoxy) is 1. The number of anilines is 1. The van der Waals surface area contributed by atoms with Gasteiger partial charge >= 0.3 is 6.03 Å². The van der Waals surface area contributed by atoms with Crippen LogP contribution in [0.2, 0.25) is 0 Å². The summed E-state index contributed by atoms with van der Waals surface area (Å²) in [7, 11) is 1.64. The number of aryl methyl sites for hydroxylation is 2. The zero-order chi connectivity index (χ0) is 24.5. The third-order valence-electron chi connectivity index (χ3n) is 6.23. The molecule has 2 aromatic rings. The van der Waals surface area contributed by atoms with Gasteiger partial charge in [-0.25, -0.2) is 4.79 Å². The van der Waals surface area contributed by atoms with E-state index in [1.54, 1.807) is 7.11 Å². The Labute approximate surface area is 202 Å². The van der Waals surface area contributed by atoms with Crippen LogP contribution in [0, 0.1) is 13.8 Å². The predicted octanol–water partition coefficient (Wildman–Crippen LogP) is 3.60. The van der Waals surface area contributed by atoms with E-state index in [-0.39, 0.29) is 23.9 Å². The summed E-state index contributed by atoms with van der Waals surface area (Å²) in [4.78, 5) is 31.8. The highest BCUT2D eigenvalue weighted by molar-refractivity contribution is 5.89. The first-order valence-electron chi connectivity index (χ1n) is 12.0. The molecule has 1 atom stereocenters. The van der Waals surface area contributed by atoms with Gasteiger partial charge in [-0.3, -0.25) is 9.78 Å². The van der Waals surface area contributed by atoms with Gasteiger partial charge < -0.3 is 25.6 Å². The molecule has 0 radical (unpaired) electrons. The van der Waals surface area contributed by atoms with E-state index >= 15 is 0 Å². The molecule has 0 spiro atoms. The molecule has 8 heteroatoms. The zero-order valence-corrected chi connectivity index (χ0v) is 20.7. The van der Waals surface area contributed by atoms with Crippen LogP contribution in [-0.4, -0.2) is 61.2 Å². The molecule has 184 valence electrons. The SMILES string of the molecule is CCC(C(=O)NC1CCN(CCNC(=O)Nc2cc(C)nc(C)c2)CC1)c1ccccc1OC. The van der Waals surface area contributed by atoms with Crippen molar-refractivity contribution < 1.29 is 14.3 Å². The van der Waals surface area contributed by atoms with Gasteiger partial charge in [0.25, 0.3) is 0 Å². The number of carbonyl (C=O) groups is 2. The maximum absolute atomic E-state index is 13.0. The lowest BCUT2D eigenvalue weighted by Gasteiger charge is -2.33. The fourth-order valence-electron chi connectivity index (χ4n) is 4.51. The van der Waals surface area contributed by atoms with Crippen molar-refractivity contribution in [2.45, 2.75) is 52.0 Å². The molecule has 1 aliphatic heterocycles. The van der Waals surface area contributed by atoms with E-state index in [9.17, 15) is 9.59 Å². The number of urea groups is 1. The van der Waals surface area contributed by atoms with Gasteiger partial charge in [0.2, 0.25) is 5.91 Å². The molecule has 1 fully saturated rings. The van der Waals surface area contributed by atoms with Crippen LogP contribution < -0.4 is 20.7 Å². The maximum atomic E-state index is 13.0. The molecule has 0 bridgehead atoms. The summed E-state index contributed by atoms with van der Waals surface area (Å²) in [5.41, 5.74) is 3.43. The summed E-state index contributed by atoms with van der Waals surface area (Å²) in [6.07, 6.45) is 2.52. The number of benzene rings is 1. The summed E-state index contributed by atoms with van der Waals surface area (Å²) >= 11 is 0. The molecule has 1 saturated heterocycles. The molecular weight excluding hydrogens is 430 g/mol. The quantitative estimate of drug-likeness (QED) is 0.524. The van der Waals surface area contributed by atoms with Crippen LogP contribution in [0.1, 0.15) is 49.1 Å². The molecular formula is C26H37N5O3. The highest BCUT2D eigenvalue weighted by Gasteiger charge is 2.26. The van der Waals surface area contributed by atoms with Gasteiger partial charge in [0.15, 0.2) is 0 Å². The standard InChI is InChI=1S/C26H37N5O3/c1-5-22(23-8-6-7-9-24(23)34-4)25(32)29-20-10-13-31(14-11-20)15-12-27-26(33)30-21-16-18(2)28-19(3)17-21/h6-9,16-17,20,22H,5,10-15H2,1-4H3,(H,29,32)(H2,27,28,30,33). The Morgan fingerprint density at radius 3 is 2.47 bits per heavy atom. The first kappa shape index (κ1) is 25.5. The van der Waals surface area contributed by atoms with Crippen LogP contribution in [-0.2, 0) is 4.79 Å². The molecule has 0 aliphatic carbocycles. The van der Waals surface area contributed by atoms with Crippen LogP contribution in [0.4, 0.5) is 10.5 Å². The van der Waals surface area contributed by atoms with Gasteiger partial charge in [-0.1, -0.05) is 25.1 Å². The number of nitrogens with one attached hydrogen (secondary N) is 3. The molecule has 2 heterocycles. The van der Waals surface area contributed by atoms with Crippen LogP contribution in [0.15, 0.2) is 36.4 Å². The molecule has 3 amide bonds. The van der Waals surface area contributed by atoms with E-state index in [0.29, 0.717) is 6.54 Å². The third-order valence-corrected chi connectivity index (χ3v) is 6.23. The number of aromatic nitrogens is 1. The number of carbonyl (C=O) groups excluding carboxylic acids is 2. The molecule has 1 unspecified atom stereocenters. The number of amides is 3. The van der Waals surface area contributed by atoms with Gasteiger partial charge in [-0.05, 0) is 51.3 Å². The minimum Gasteiger partial charge on any atom is -0.496 e. The van der Waals surface area contributed by atoms with Crippen LogP contribution in [0.3, 0.4) is 0 Å². The number of likely N-dealkylation sites (tertiary alicyclic amines) is 1. The number of hydrogen-bond donors (Lipinski definition) is 3. The van der Waals surface area contributed by atoms with Crippen molar-refractivity contribution >= 4 is 17.6 Å². The fraction of sp³-hybridized carbons (Fsp3) is 0.500. The Balaban J connectivity index is 1.39. The summed E-state index contributed by atoms with van der Waals surface area (Å²) in [6, 6.07) is 11.4. The number of methoxy groups -OCH3 is 1. The number of nitrogens with zero attached hydrogens (tertiary/aromatic N) is 2. The van der Waals surface area contributed by atoms with E-state index < -0.39 is 0 Å². The predicted molar refractivity (Wildman–Crippen MR) is 134 cm³/mol. The zero-order valence-electron chi connectivity index (χ0n) is 20.7. The van der Waals surface area contributed by atoms with Gasteiger partial charge in [0.05, 0.1) is 13.0 Å². The summed E-state index contributed by atoms with van der Waals surface area (Å²) in [5, 5.41) is 9.03. The minimum atomic E-state index is -0.218. The lowest BCUT2D eigenvalue weighted by Crippen LogP contribution is -2.47. The molecule has 34 heavy (non-hydrogen) atoms. The summed E-state index contributed by atoms with van der Waals surface area (Å²) < 4.78 is 5.46. The largest absolute Gasteiger partial charge is 0.496 e. The fourth-order valence-corrected chi connectivity index (χ4v) is 4.51. The Morgan fingerprint density at radius 1 is 1.15 bits per heavy atom. The lowest BCUT2D eigenvalue weighted by molar-refractivity contribution is -0.123. The molecule has 3 rings (SSSR count). The number of pyridine rings is 1. The van der Waals surface area contributed by atoms with Crippen LogP contribution in [0.5, 0.6) is 5.75 Å². The Kier molecular flexibility index (Phi) is 9.27. The van der Waals surface area contributed by atoms with Crippen molar-refractivity contribution in [2.75, 3.05) is 38.6 Å². The number of hydrogen-bond acceptors (Lipinski definition) is 5. The van der Waals surface area contributed by atoms with Crippen molar-refractivity contribution in [3.8, 4) is 5.75 Å². The van der Waals surface area contributed by atoms with Crippen molar-refractivity contribution in [3.05, 3.63) is 53.3 Å². The highest BCUT2D eigenvalue weighted by Crippen LogP contribution is 2.29. The molecule has 0 saturated carbocycles. The summed E-state index contributed by atoms with van der Waals surface area (Å²) in [6.45, 7) is 8.97. The van der Waals surface area contributed by atoms with E-state index in [0.717, 1.165) is 67.3 Å². The highest BCUT2D eigenvalue weighted by atomic mass is 16.5. The molecule has 3 N–H and O–H groups in total. The van der Waals surface area contributed by atoms with Gasteiger partial charge in [0.1, 0.15) is 5.75 Å². The topological polar surface area (TPSA) is 95.6 Å². The van der Waals surface area contributed by atoms with Crippen molar-refractivity contribution in [1.82, 2.24) is 20.5 Å². The monoisotopic (exact) mass is 467 g/mol.